The van der Waals surface area contributed by atoms with E-state index in [1.807, 2.05) is 38.1 Å². The van der Waals surface area contributed by atoms with Crippen LogP contribution in [0.15, 0.2) is 24.3 Å². The van der Waals surface area contributed by atoms with Crippen molar-refractivity contribution in [1.82, 2.24) is 10.6 Å². The zero-order chi connectivity index (χ0) is 17.9. The largest absolute Gasteiger partial charge is 0.480 e. The summed E-state index contributed by atoms with van der Waals surface area (Å²) in [5.74, 6) is -1.77. The molecular formula is C18H26N2O4. The minimum atomic E-state index is -1.05. The normalized spacial score (nSPS) is 11.6. The number of carbonyl (C=O) groups excluding carboxylic acids is 2. The summed E-state index contributed by atoms with van der Waals surface area (Å²) in [5.41, 5.74) is 2.22. The summed E-state index contributed by atoms with van der Waals surface area (Å²) in [6.07, 6.45) is 2.85. The van der Waals surface area contributed by atoms with Crippen LogP contribution in [-0.2, 0) is 20.8 Å². The van der Waals surface area contributed by atoms with E-state index in [1.54, 1.807) is 0 Å². The molecule has 0 heterocycles. The summed E-state index contributed by atoms with van der Waals surface area (Å²) < 4.78 is 0. The predicted molar refractivity (Wildman–Crippen MR) is 91.6 cm³/mol. The Balaban J connectivity index is 2.30. The van der Waals surface area contributed by atoms with Gasteiger partial charge in [0.05, 0.1) is 6.54 Å². The lowest BCUT2D eigenvalue weighted by molar-refractivity contribution is -0.142. The predicted octanol–water partition coefficient (Wildman–Crippen LogP) is 1.80. The Morgan fingerprint density at radius 3 is 2.38 bits per heavy atom. The first-order valence-electron chi connectivity index (χ1n) is 8.26. The maximum Gasteiger partial charge on any atom is 0.326 e. The molecule has 1 unspecified atom stereocenters. The van der Waals surface area contributed by atoms with Crippen LogP contribution in [0.2, 0.25) is 0 Å². The Kier molecular flexibility index (Phi) is 8.54. The Hall–Kier alpha value is -2.37. The molecule has 2 amide bonds. The van der Waals surface area contributed by atoms with Crippen molar-refractivity contribution < 1.29 is 19.5 Å². The second-order valence-corrected chi connectivity index (χ2v) is 5.86. The Labute approximate surface area is 142 Å². The van der Waals surface area contributed by atoms with Crippen LogP contribution in [0.5, 0.6) is 0 Å². The fraction of sp³-hybridized carbons (Fsp3) is 0.500. The number of carboxylic acid groups (broad SMARTS) is 1. The quantitative estimate of drug-likeness (QED) is 0.608. The summed E-state index contributed by atoms with van der Waals surface area (Å²) in [5, 5.41) is 14.0. The van der Waals surface area contributed by atoms with E-state index in [0.29, 0.717) is 12.8 Å². The Bertz CT molecular complexity index is 555. The molecule has 1 atom stereocenters. The van der Waals surface area contributed by atoms with E-state index in [1.165, 1.54) is 0 Å². The van der Waals surface area contributed by atoms with Gasteiger partial charge in [0.25, 0.3) is 0 Å². The third-order valence-electron chi connectivity index (χ3n) is 3.69. The van der Waals surface area contributed by atoms with E-state index in [2.05, 4.69) is 10.6 Å². The Morgan fingerprint density at radius 2 is 1.79 bits per heavy atom. The van der Waals surface area contributed by atoms with Gasteiger partial charge in [0, 0.05) is 6.42 Å². The second kappa shape index (κ2) is 10.4. The van der Waals surface area contributed by atoms with Crippen LogP contribution in [0.3, 0.4) is 0 Å². The molecule has 0 radical (unpaired) electrons. The van der Waals surface area contributed by atoms with Crippen molar-refractivity contribution in [1.29, 1.82) is 0 Å². The zero-order valence-electron chi connectivity index (χ0n) is 14.3. The molecule has 6 heteroatoms. The van der Waals surface area contributed by atoms with Gasteiger partial charge < -0.3 is 15.7 Å². The molecule has 0 spiro atoms. The number of unbranched alkanes of at least 4 members (excludes halogenated alkanes) is 1. The molecule has 6 nitrogen and oxygen atoms in total. The number of carboxylic acids is 1. The first kappa shape index (κ1) is 19.7. The highest BCUT2D eigenvalue weighted by atomic mass is 16.4. The van der Waals surface area contributed by atoms with Crippen molar-refractivity contribution in [2.24, 2.45) is 0 Å². The van der Waals surface area contributed by atoms with Crippen LogP contribution >= 0.6 is 0 Å². The molecule has 24 heavy (non-hydrogen) atoms. The molecule has 0 aliphatic heterocycles. The molecule has 0 bridgehead atoms. The number of nitrogens with one attached hydrogen (secondary N) is 2. The summed E-state index contributed by atoms with van der Waals surface area (Å²) in [7, 11) is 0. The van der Waals surface area contributed by atoms with Gasteiger partial charge >= 0.3 is 5.97 Å². The number of rotatable bonds is 10. The molecule has 1 aromatic carbocycles. The molecule has 0 aromatic heterocycles. The van der Waals surface area contributed by atoms with Gasteiger partial charge in [-0.3, -0.25) is 9.59 Å². The van der Waals surface area contributed by atoms with Gasteiger partial charge in [-0.05, 0) is 25.3 Å². The number of hydrogen-bond acceptors (Lipinski definition) is 3. The topological polar surface area (TPSA) is 95.5 Å². The molecule has 0 aliphatic carbocycles. The van der Waals surface area contributed by atoms with Crippen LogP contribution in [0.25, 0.3) is 0 Å². The molecular weight excluding hydrogens is 308 g/mol. The van der Waals surface area contributed by atoms with E-state index >= 15 is 0 Å². The highest BCUT2D eigenvalue weighted by molar-refractivity contribution is 5.87. The third kappa shape index (κ3) is 7.76. The molecule has 132 valence electrons. The number of benzene rings is 1. The lowest BCUT2D eigenvalue weighted by Gasteiger charge is -2.14. The Morgan fingerprint density at radius 1 is 1.12 bits per heavy atom. The third-order valence-corrected chi connectivity index (χ3v) is 3.69. The second-order valence-electron chi connectivity index (χ2n) is 5.86. The first-order valence-corrected chi connectivity index (χ1v) is 8.26. The fourth-order valence-corrected chi connectivity index (χ4v) is 2.19. The van der Waals surface area contributed by atoms with Crippen LogP contribution in [-0.4, -0.2) is 35.5 Å². The average Bonchev–Trinajstić information content (AvgIpc) is 2.56. The van der Waals surface area contributed by atoms with Gasteiger partial charge in [-0.15, -0.1) is 0 Å². The summed E-state index contributed by atoms with van der Waals surface area (Å²) in [6, 6.07) is 7.02. The van der Waals surface area contributed by atoms with Crippen LogP contribution in [0.1, 0.15) is 43.7 Å². The molecule has 1 aromatic rings. The van der Waals surface area contributed by atoms with Gasteiger partial charge in [0.15, 0.2) is 0 Å². The van der Waals surface area contributed by atoms with Crippen LogP contribution in [0, 0.1) is 6.92 Å². The number of aryl methyl sites for hydroxylation is 2. The summed E-state index contributed by atoms with van der Waals surface area (Å²) in [6.45, 7) is 3.75. The minimum Gasteiger partial charge on any atom is -0.480 e. The lowest BCUT2D eigenvalue weighted by atomic mass is 10.1. The molecule has 1 rings (SSSR count). The smallest absolute Gasteiger partial charge is 0.326 e. The molecule has 0 saturated heterocycles. The standard InChI is InChI=1S/C18H26N2O4/c1-3-4-5-15(18(23)24)20-17(22)12-19-16(21)11-10-14-8-6-13(2)7-9-14/h6-9,15H,3-5,10-12H2,1-2H3,(H,19,21)(H,20,22)(H,23,24). The molecule has 3 N–H and O–H groups in total. The van der Waals surface area contributed by atoms with Gasteiger partial charge in [-0.2, -0.15) is 0 Å². The van der Waals surface area contributed by atoms with Crippen molar-refractivity contribution in [2.45, 2.75) is 52.0 Å². The maximum atomic E-state index is 11.8. The van der Waals surface area contributed by atoms with E-state index in [9.17, 15) is 14.4 Å². The minimum absolute atomic E-state index is 0.206. The number of carbonyl (C=O) groups is 3. The maximum absolute atomic E-state index is 11.8. The van der Waals surface area contributed by atoms with Crippen molar-refractivity contribution in [3.05, 3.63) is 35.4 Å². The molecule has 0 saturated carbocycles. The molecule has 0 fully saturated rings. The van der Waals surface area contributed by atoms with Gasteiger partial charge in [-0.1, -0.05) is 49.6 Å². The summed E-state index contributed by atoms with van der Waals surface area (Å²) >= 11 is 0. The number of amides is 2. The molecule has 0 aliphatic rings. The van der Waals surface area contributed by atoms with Crippen LogP contribution in [0.4, 0.5) is 0 Å². The van der Waals surface area contributed by atoms with E-state index < -0.39 is 17.9 Å². The van der Waals surface area contributed by atoms with Crippen molar-refractivity contribution in [2.75, 3.05) is 6.54 Å². The average molecular weight is 334 g/mol. The highest BCUT2D eigenvalue weighted by Crippen LogP contribution is 2.05. The van der Waals surface area contributed by atoms with E-state index in [0.717, 1.165) is 24.0 Å². The lowest BCUT2D eigenvalue weighted by Crippen LogP contribution is -2.45. The first-order chi connectivity index (χ1) is 11.4. The van der Waals surface area contributed by atoms with Gasteiger partial charge in [0.1, 0.15) is 6.04 Å². The van der Waals surface area contributed by atoms with Crippen molar-refractivity contribution in [3.63, 3.8) is 0 Å². The summed E-state index contributed by atoms with van der Waals surface area (Å²) in [4.78, 5) is 34.6. The van der Waals surface area contributed by atoms with Crippen molar-refractivity contribution in [3.8, 4) is 0 Å². The number of aliphatic carboxylic acids is 1. The van der Waals surface area contributed by atoms with Crippen LogP contribution < -0.4 is 10.6 Å². The monoisotopic (exact) mass is 334 g/mol. The van der Waals surface area contributed by atoms with Crippen molar-refractivity contribution >= 4 is 17.8 Å². The van der Waals surface area contributed by atoms with E-state index in [4.69, 9.17) is 5.11 Å². The van der Waals surface area contributed by atoms with Gasteiger partial charge in [-0.25, -0.2) is 4.79 Å². The SMILES string of the molecule is CCCCC(NC(=O)CNC(=O)CCc1ccc(C)cc1)C(=O)O. The zero-order valence-corrected chi connectivity index (χ0v) is 14.3. The number of hydrogen-bond donors (Lipinski definition) is 3. The highest BCUT2D eigenvalue weighted by Gasteiger charge is 2.19. The van der Waals surface area contributed by atoms with Gasteiger partial charge in [0.2, 0.25) is 11.8 Å². The van der Waals surface area contributed by atoms with E-state index in [-0.39, 0.29) is 18.9 Å². The fourth-order valence-electron chi connectivity index (χ4n) is 2.19.